The van der Waals surface area contributed by atoms with E-state index in [9.17, 15) is 13.2 Å². The van der Waals surface area contributed by atoms with Crippen LogP contribution in [0.3, 0.4) is 0 Å². The predicted molar refractivity (Wildman–Crippen MR) is 79.3 cm³/mol. The fraction of sp³-hybridized carbons (Fsp3) is 0.533. The average Bonchev–Trinajstić information content (AvgIpc) is 2.40. The zero-order valence-electron chi connectivity index (χ0n) is 12.0. The standard InChI is InChI=1S/C15H20O5S/c1-21(18,19)13-7-4-6-12(10-13)20-14-8-3-2-5-11(14)9-15(16)17/h2-3,5,8,12-13H,4,6-7,9-10H2,1H3,(H,16,17). The van der Waals surface area contributed by atoms with Gasteiger partial charge in [-0.1, -0.05) is 18.2 Å². The minimum atomic E-state index is -3.05. The van der Waals surface area contributed by atoms with Crippen molar-refractivity contribution in [3.8, 4) is 5.75 Å². The molecule has 21 heavy (non-hydrogen) atoms. The van der Waals surface area contributed by atoms with Crippen molar-refractivity contribution >= 4 is 15.8 Å². The third kappa shape index (κ3) is 4.46. The monoisotopic (exact) mass is 312 g/mol. The molecule has 0 aromatic heterocycles. The van der Waals surface area contributed by atoms with E-state index in [1.54, 1.807) is 24.3 Å². The van der Waals surface area contributed by atoms with E-state index in [0.717, 1.165) is 12.8 Å². The Balaban J connectivity index is 2.09. The largest absolute Gasteiger partial charge is 0.490 e. The Morgan fingerprint density at radius 2 is 2.05 bits per heavy atom. The second-order valence-corrected chi connectivity index (χ2v) is 7.86. The first-order valence-electron chi connectivity index (χ1n) is 7.01. The summed E-state index contributed by atoms with van der Waals surface area (Å²) in [5.41, 5.74) is 0.617. The number of hydrogen-bond acceptors (Lipinski definition) is 4. The van der Waals surface area contributed by atoms with E-state index in [0.29, 0.717) is 24.2 Å². The smallest absolute Gasteiger partial charge is 0.307 e. The molecule has 0 spiro atoms. The Bertz CT molecular complexity index is 608. The summed E-state index contributed by atoms with van der Waals surface area (Å²) in [6.45, 7) is 0. The number of carboxylic acid groups (broad SMARTS) is 1. The lowest BCUT2D eigenvalue weighted by Gasteiger charge is -2.29. The number of sulfone groups is 1. The molecular formula is C15H20O5S. The van der Waals surface area contributed by atoms with Crippen LogP contribution in [0.15, 0.2) is 24.3 Å². The minimum absolute atomic E-state index is 0.0988. The fourth-order valence-corrected chi connectivity index (χ4v) is 3.86. The van der Waals surface area contributed by atoms with E-state index in [2.05, 4.69) is 0 Å². The van der Waals surface area contributed by atoms with Gasteiger partial charge in [-0.2, -0.15) is 0 Å². The highest BCUT2D eigenvalue weighted by Gasteiger charge is 2.30. The first-order valence-corrected chi connectivity index (χ1v) is 8.97. The zero-order valence-corrected chi connectivity index (χ0v) is 12.8. The van der Waals surface area contributed by atoms with Crippen LogP contribution in [-0.2, 0) is 21.1 Å². The van der Waals surface area contributed by atoms with E-state index in [1.807, 2.05) is 0 Å². The van der Waals surface area contributed by atoms with Gasteiger partial charge in [-0.3, -0.25) is 4.79 Å². The molecule has 6 heteroatoms. The number of hydrogen-bond donors (Lipinski definition) is 1. The molecule has 5 nitrogen and oxygen atoms in total. The molecule has 1 fully saturated rings. The first kappa shape index (κ1) is 15.8. The van der Waals surface area contributed by atoms with Gasteiger partial charge < -0.3 is 9.84 Å². The normalized spacial score (nSPS) is 22.7. The Kier molecular flexibility index (Phi) is 4.88. The summed E-state index contributed by atoms with van der Waals surface area (Å²) in [5, 5.41) is 8.55. The molecule has 0 heterocycles. The van der Waals surface area contributed by atoms with Crippen LogP contribution in [0.5, 0.6) is 5.75 Å². The van der Waals surface area contributed by atoms with Crippen LogP contribution in [0.2, 0.25) is 0 Å². The molecule has 1 aromatic rings. The molecular weight excluding hydrogens is 292 g/mol. The number of benzene rings is 1. The molecule has 0 saturated heterocycles. The summed E-state index contributed by atoms with van der Waals surface area (Å²) in [4.78, 5) is 10.9. The van der Waals surface area contributed by atoms with Gasteiger partial charge in [0.25, 0.3) is 0 Å². The maximum absolute atomic E-state index is 11.7. The Morgan fingerprint density at radius 3 is 2.71 bits per heavy atom. The number of para-hydroxylation sites is 1. The molecule has 2 rings (SSSR count). The van der Waals surface area contributed by atoms with E-state index < -0.39 is 15.8 Å². The lowest BCUT2D eigenvalue weighted by atomic mass is 9.97. The summed E-state index contributed by atoms with van der Waals surface area (Å²) < 4.78 is 29.2. The average molecular weight is 312 g/mol. The maximum atomic E-state index is 11.7. The van der Waals surface area contributed by atoms with Gasteiger partial charge >= 0.3 is 5.97 Å². The van der Waals surface area contributed by atoms with Crippen LogP contribution in [0.1, 0.15) is 31.2 Å². The Labute approximate surface area is 124 Å². The van der Waals surface area contributed by atoms with Crippen LogP contribution in [0.25, 0.3) is 0 Å². The van der Waals surface area contributed by atoms with Gasteiger partial charge in [0.15, 0.2) is 0 Å². The molecule has 0 radical (unpaired) electrons. The molecule has 0 amide bonds. The molecule has 0 aliphatic heterocycles. The van der Waals surface area contributed by atoms with Gasteiger partial charge in [-0.15, -0.1) is 0 Å². The van der Waals surface area contributed by atoms with E-state index in [1.165, 1.54) is 6.26 Å². The number of carbonyl (C=O) groups is 1. The van der Waals surface area contributed by atoms with Crippen molar-refractivity contribution in [2.45, 2.75) is 43.5 Å². The van der Waals surface area contributed by atoms with Gasteiger partial charge in [-0.05, 0) is 25.3 Å². The molecule has 1 aliphatic rings. The quantitative estimate of drug-likeness (QED) is 0.900. The SMILES string of the molecule is CS(=O)(=O)C1CCCC(Oc2ccccc2CC(=O)O)C1. The Hall–Kier alpha value is -1.56. The number of carboxylic acids is 1. The summed E-state index contributed by atoms with van der Waals surface area (Å²) >= 11 is 0. The molecule has 116 valence electrons. The third-order valence-corrected chi connectivity index (χ3v) is 5.43. The van der Waals surface area contributed by atoms with E-state index in [-0.39, 0.29) is 17.8 Å². The van der Waals surface area contributed by atoms with Gasteiger partial charge in [0.1, 0.15) is 15.6 Å². The highest BCUT2D eigenvalue weighted by Crippen LogP contribution is 2.29. The molecule has 1 N–H and O–H groups in total. The van der Waals surface area contributed by atoms with Crippen molar-refractivity contribution in [1.29, 1.82) is 0 Å². The number of ether oxygens (including phenoxy) is 1. The topological polar surface area (TPSA) is 80.7 Å². The van der Waals surface area contributed by atoms with Gasteiger partial charge in [0, 0.05) is 18.2 Å². The molecule has 1 saturated carbocycles. The van der Waals surface area contributed by atoms with E-state index in [4.69, 9.17) is 9.84 Å². The van der Waals surface area contributed by atoms with Crippen LogP contribution < -0.4 is 4.74 Å². The van der Waals surface area contributed by atoms with Crippen LogP contribution in [0, 0.1) is 0 Å². The van der Waals surface area contributed by atoms with Crippen molar-refractivity contribution in [1.82, 2.24) is 0 Å². The predicted octanol–water partition coefficient (Wildman–Crippen LogP) is 2.05. The second kappa shape index (κ2) is 6.47. The third-order valence-electron chi connectivity index (χ3n) is 3.79. The molecule has 2 unspecified atom stereocenters. The summed E-state index contributed by atoms with van der Waals surface area (Å²) in [5.74, 6) is -0.372. The van der Waals surface area contributed by atoms with Crippen LogP contribution in [-0.4, -0.2) is 37.1 Å². The highest BCUT2D eigenvalue weighted by molar-refractivity contribution is 7.91. The van der Waals surface area contributed by atoms with Crippen LogP contribution in [0.4, 0.5) is 0 Å². The van der Waals surface area contributed by atoms with Gasteiger partial charge in [0.05, 0.1) is 17.8 Å². The summed E-state index contributed by atoms with van der Waals surface area (Å²) in [6.07, 6.45) is 3.75. The fourth-order valence-electron chi connectivity index (χ4n) is 2.71. The molecule has 1 aliphatic carbocycles. The van der Waals surface area contributed by atoms with Gasteiger partial charge in [0.2, 0.25) is 0 Å². The van der Waals surface area contributed by atoms with Crippen LogP contribution >= 0.6 is 0 Å². The number of rotatable bonds is 5. The molecule has 0 bridgehead atoms. The van der Waals surface area contributed by atoms with Crippen molar-refractivity contribution in [3.05, 3.63) is 29.8 Å². The second-order valence-electron chi connectivity index (χ2n) is 5.54. The number of aliphatic carboxylic acids is 1. The molecule has 1 aromatic carbocycles. The van der Waals surface area contributed by atoms with Crippen molar-refractivity contribution < 1.29 is 23.1 Å². The lowest BCUT2D eigenvalue weighted by molar-refractivity contribution is -0.136. The summed E-state index contributed by atoms with van der Waals surface area (Å²) in [6, 6.07) is 7.02. The maximum Gasteiger partial charge on any atom is 0.307 e. The van der Waals surface area contributed by atoms with E-state index >= 15 is 0 Å². The summed E-state index contributed by atoms with van der Waals surface area (Å²) in [7, 11) is -3.05. The van der Waals surface area contributed by atoms with Gasteiger partial charge in [-0.25, -0.2) is 8.42 Å². The highest BCUT2D eigenvalue weighted by atomic mass is 32.2. The molecule has 2 atom stereocenters. The van der Waals surface area contributed by atoms with Crippen molar-refractivity contribution in [2.24, 2.45) is 0 Å². The first-order chi connectivity index (χ1) is 9.86. The minimum Gasteiger partial charge on any atom is -0.490 e. The lowest BCUT2D eigenvalue weighted by Crippen LogP contribution is -2.33. The van der Waals surface area contributed by atoms with Crippen molar-refractivity contribution in [3.63, 3.8) is 0 Å². The Morgan fingerprint density at radius 1 is 1.33 bits per heavy atom. The zero-order chi connectivity index (χ0) is 15.5. The van der Waals surface area contributed by atoms with Crippen molar-refractivity contribution in [2.75, 3.05) is 6.26 Å².